The van der Waals surface area contributed by atoms with Crippen LogP contribution in [0.4, 0.5) is 5.69 Å². The van der Waals surface area contributed by atoms with Crippen molar-refractivity contribution in [2.24, 2.45) is 0 Å². The topological polar surface area (TPSA) is 44.8 Å². The van der Waals surface area contributed by atoms with Crippen molar-refractivity contribution < 1.29 is 0 Å². The third-order valence-corrected chi connectivity index (χ3v) is 4.96. The molecule has 4 rings (SSSR count). The molecule has 0 saturated heterocycles. The van der Waals surface area contributed by atoms with Crippen molar-refractivity contribution in [2.75, 3.05) is 19.0 Å². The zero-order valence-corrected chi connectivity index (χ0v) is 14.9. The van der Waals surface area contributed by atoms with E-state index in [1.807, 2.05) is 62.8 Å². The highest BCUT2D eigenvalue weighted by Crippen LogP contribution is 2.35. The Balaban J connectivity index is 1.73. The molecule has 0 radical (unpaired) electrons. The van der Waals surface area contributed by atoms with E-state index in [1.54, 1.807) is 11.8 Å². The maximum absolute atomic E-state index is 4.67. The highest BCUT2D eigenvalue weighted by Gasteiger charge is 2.11. The number of pyridine rings is 1. The molecule has 0 saturated carbocycles. The Morgan fingerprint density at radius 1 is 0.960 bits per heavy atom. The number of aromatic nitrogens is 3. The number of nitrogens with one attached hydrogen (secondary N) is 1. The van der Waals surface area contributed by atoms with Crippen LogP contribution < -0.4 is 4.90 Å². The summed E-state index contributed by atoms with van der Waals surface area (Å²) in [4.78, 5) is 15.8. The lowest BCUT2D eigenvalue weighted by molar-refractivity contribution is 1.08. The van der Waals surface area contributed by atoms with Crippen LogP contribution in [0, 0.1) is 0 Å². The minimum Gasteiger partial charge on any atom is -0.378 e. The van der Waals surface area contributed by atoms with Crippen LogP contribution in [0.2, 0.25) is 0 Å². The first-order valence-electron chi connectivity index (χ1n) is 8.06. The lowest BCUT2D eigenvalue weighted by atomic mass is 10.1. The van der Waals surface area contributed by atoms with Gasteiger partial charge in [-0.25, -0.2) is 4.98 Å². The highest BCUT2D eigenvalue weighted by molar-refractivity contribution is 7.99. The van der Waals surface area contributed by atoms with Crippen LogP contribution in [0.5, 0.6) is 0 Å². The predicted molar refractivity (Wildman–Crippen MR) is 104 cm³/mol. The monoisotopic (exact) mass is 346 g/mol. The van der Waals surface area contributed by atoms with Crippen molar-refractivity contribution in [2.45, 2.75) is 10.1 Å². The minimum atomic E-state index is 0.886. The molecule has 0 amide bonds. The molecule has 124 valence electrons. The molecule has 0 aliphatic rings. The summed E-state index contributed by atoms with van der Waals surface area (Å²) in [5.41, 5.74) is 5.24. The summed E-state index contributed by atoms with van der Waals surface area (Å²) >= 11 is 1.63. The van der Waals surface area contributed by atoms with Crippen molar-refractivity contribution in [1.82, 2.24) is 15.0 Å². The molecule has 0 spiro atoms. The Labute approximate surface area is 150 Å². The molecule has 4 nitrogen and oxygen atoms in total. The molecule has 4 aromatic rings. The number of nitrogens with zero attached hydrogens (tertiary/aromatic N) is 3. The fourth-order valence-corrected chi connectivity index (χ4v) is 3.64. The first kappa shape index (κ1) is 15.7. The fourth-order valence-electron chi connectivity index (χ4n) is 2.69. The number of benzene rings is 2. The van der Waals surface area contributed by atoms with E-state index < -0.39 is 0 Å². The largest absolute Gasteiger partial charge is 0.378 e. The number of rotatable bonds is 4. The van der Waals surface area contributed by atoms with Gasteiger partial charge in [-0.3, -0.25) is 4.98 Å². The lowest BCUT2D eigenvalue weighted by Crippen LogP contribution is -2.08. The molecule has 0 aliphatic heterocycles. The Morgan fingerprint density at radius 3 is 2.60 bits per heavy atom. The maximum Gasteiger partial charge on any atom is 0.171 e. The van der Waals surface area contributed by atoms with Gasteiger partial charge in [0.2, 0.25) is 0 Å². The molecule has 1 N–H and O–H groups in total. The fraction of sp³-hybridized carbons (Fsp3) is 0.100. The second kappa shape index (κ2) is 6.61. The zero-order chi connectivity index (χ0) is 17.2. The maximum atomic E-state index is 4.67. The summed E-state index contributed by atoms with van der Waals surface area (Å²) in [6.07, 6.45) is 1.85. The number of aromatic amines is 1. The van der Waals surface area contributed by atoms with Gasteiger partial charge in [-0.1, -0.05) is 42.1 Å². The van der Waals surface area contributed by atoms with Gasteiger partial charge in [0.05, 0.1) is 16.7 Å². The third-order valence-electron chi connectivity index (χ3n) is 4.00. The number of fused-ring (bicyclic) bond motifs is 1. The molecule has 0 aliphatic carbocycles. The number of para-hydroxylation sites is 2. The standard InChI is InChI=1S/C20H18N4S/c1-24(2)14-11-12-21-18(13-14)15-7-3-6-10-19(15)25-20-22-16-8-4-5-9-17(16)23-20/h3-13H,1-2H3,(H,22,23). The second-order valence-corrected chi connectivity index (χ2v) is 6.98. The van der Waals surface area contributed by atoms with Crippen LogP contribution in [0.1, 0.15) is 0 Å². The van der Waals surface area contributed by atoms with E-state index in [0.717, 1.165) is 38.0 Å². The molecule has 5 heteroatoms. The number of imidazole rings is 1. The van der Waals surface area contributed by atoms with Crippen molar-refractivity contribution in [3.05, 3.63) is 66.9 Å². The van der Waals surface area contributed by atoms with Crippen molar-refractivity contribution in [3.63, 3.8) is 0 Å². The summed E-state index contributed by atoms with van der Waals surface area (Å²) in [5.74, 6) is 0. The average Bonchev–Trinajstić information content (AvgIpc) is 3.04. The summed E-state index contributed by atoms with van der Waals surface area (Å²) < 4.78 is 0. The number of H-pyrrole nitrogens is 1. The van der Waals surface area contributed by atoms with Gasteiger partial charge in [-0.2, -0.15) is 0 Å². The summed E-state index contributed by atoms with van der Waals surface area (Å²) in [7, 11) is 4.07. The first-order chi connectivity index (χ1) is 12.2. The first-order valence-corrected chi connectivity index (χ1v) is 8.88. The second-order valence-electron chi connectivity index (χ2n) is 5.95. The summed E-state index contributed by atoms with van der Waals surface area (Å²) in [6, 6.07) is 20.5. The normalized spacial score (nSPS) is 11.0. The van der Waals surface area contributed by atoms with E-state index in [1.165, 1.54) is 0 Å². The van der Waals surface area contributed by atoms with Gasteiger partial charge in [0.25, 0.3) is 0 Å². The molecule has 0 atom stereocenters. The van der Waals surface area contributed by atoms with Gasteiger partial charge in [-0.15, -0.1) is 0 Å². The molecule has 2 heterocycles. The van der Waals surface area contributed by atoms with Crippen molar-refractivity contribution >= 4 is 28.5 Å². The molecule has 0 bridgehead atoms. The molecule has 2 aromatic carbocycles. The molecular weight excluding hydrogens is 328 g/mol. The van der Waals surface area contributed by atoms with Crippen LogP contribution >= 0.6 is 11.8 Å². The molecule has 25 heavy (non-hydrogen) atoms. The molecule has 2 aromatic heterocycles. The van der Waals surface area contributed by atoms with Crippen molar-refractivity contribution in [1.29, 1.82) is 0 Å². The summed E-state index contributed by atoms with van der Waals surface area (Å²) in [5, 5.41) is 0.886. The quantitative estimate of drug-likeness (QED) is 0.574. The van der Waals surface area contributed by atoms with Gasteiger partial charge >= 0.3 is 0 Å². The number of hydrogen-bond acceptors (Lipinski definition) is 4. The van der Waals surface area contributed by atoms with E-state index in [9.17, 15) is 0 Å². The Morgan fingerprint density at radius 2 is 1.76 bits per heavy atom. The van der Waals surface area contributed by atoms with Crippen molar-refractivity contribution in [3.8, 4) is 11.3 Å². The highest BCUT2D eigenvalue weighted by atomic mass is 32.2. The van der Waals surface area contributed by atoms with Gasteiger partial charge < -0.3 is 9.88 Å². The Bertz CT molecular complexity index is 990. The average molecular weight is 346 g/mol. The Hall–Kier alpha value is -2.79. The zero-order valence-electron chi connectivity index (χ0n) is 14.1. The molecule has 0 unspecified atom stereocenters. The number of hydrogen-bond donors (Lipinski definition) is 1. The van der Waals surface area contributed by atoms with Gasteiger partial charge in [0.1, 0.15) is 0 Å². The summed E-state index contributed by atoms with van der Waals surface area (Å²) in [6.45, 7) is 0. The van der Waals surface area contributed by atoms with Crippen LogP contribution in [-0.2, 0) is 0 Å². The smallest absolute Gasteiger partial charge is 0.171 e. The molecular formula is C20H18N4S. The van der Waals surface area contributed by atoms with E-state index in [-0.39, 0.29) is 0 Å². The van der Waals surface area contributed by atoms with E-state index in [0.29, 0.717) is 0 Å². The predicted octanol–water partition coefficient (Wildman–Crippen LogP) is 4.84. The van der Waals surface area contributed by atoms with E-state index in [2.05, 4.69) is 38.1 Å². The Kier molecular flexibility index (Phi) is 4.15. The van der Waals surface area contributed by atoms with Gasteiger partial charge in [0.15, 0.2) is 5.16 Å². The SMILES string of the molecule is CN(C)c1ccnc(-c2ccccc2Sc2nc3ccccc3[nH]2)c1. The lowest BCUT2D eigenvalue weighted by Gasteiger charge is -2.14. The van der Waals surface area contributed by atoms with E-state index >= 15 is 0 Å². The molecule has 0 fully saturated rings. The van der Waals surface area contributed by atoms with Gasteiger partial charge in [0, 0.05) is 36.4 Å². The van der Waals surface area contributed by atoms with E-state index in [4.69, 9.17) is 0 Å². The van der Waals surface area contributed by atoms with Crippen LogP contribution in [0.25, 0.3) is 22.3 Å². The van der Waals surface area contributed by atoms with Crippen LogP contribution in [0.3, 0.4) is 0 Å². The third kappa shape index (κ3) is 3.23. The van der Waals surface area contributed by atoms with Crippen LogP contribution in [-0.4, -0.2) is 29.0 Å². The van der Waals surface area contributed by atoms with Crippen LogP contribution in [0.15, 0.2) is 76.9 Å². The number of anilines is 1. The van der Waals surface area contributed by atoms with Gasteiger partial charge in [-0.05, 0) is 30.3 Å². The minimum absolute atomic E-state index is 0.886.